The predicted octanol–water partition coefficient (Wildman–Crippen LogP) is 2.61. The Bertz CT molecular complexity index is 867. The Kier molecular flexibility index (Phi) is 3.21. The number of nitrogens with one attached hydrogen (secondary N) is 1. The molecule has 1 amide bonds. The first-order valence-corrected chi connectivity index (χ1v) is 9.14. The molecule has 1 saturated heterocycles. The summed E-state index contributed by atoms with van der Waals surface area (Å²) in [4.78, 5) is 30.6. The number of carbonyl (C=O) groups excluding carboxylic acids is 2. The molecular weight excluding hydrogens is 316 g/mol. The standard InChI is InChI=1S/C20H22N2O3/c1-25-20(24)13-7-15-14-3-2-4-16-18(14)12(9-21-16)8-17(15)22(10-13)19(23)11-5-6-11/h2-4,9,11,13,15,17,21H,5-8,10H2,1H3/t13?,15-,17-/m1/s1. The number of aromatic amines is 1. The fraction of sp³-hybridized carbons (Fsp3) is 0.500. The topological polar surface area (TPSA) is 62.4 Å². The molecule has 1 N–H and O–H groups in total. The van der Waals surface area contributed by atoms with Crippen LogP contribution in [-0.2, 0) is 20.7 Å². The summed E-state index contributed by atoms with van der Waals surface area (Å²) in [5.74, 6) is 0.173. The molecule has 25 heavy (non-hydrogen) atoms. The lowest BCUT2D eigenvalue weighted by atomic mass is 9.72. The van der Waals surface area contributed by atoms with E-state index in [9.17, 15) is 9.59 Å². The zero-order chi connectivity index (χ0) is 17.1. The molecule has 2 heterocycles. The van der Waals surface area contributed by atoms with Crippen LogP contribution < -0.4 is 0 Å². The van der Waals surface area contributed by atoms with Gasteiger partial charge in [-0.1, -0.05) is 12.1 Å². The van der Waals surface area contributed by atoms with Gasteiger partial charge in [0.05, 0.1) is 13.0 Å². The van der Waals surface area contributed by atoms with Gasteiger partial charge in [-0.25, -0.2) is 0 Å². The van der Waals surface area contributed by atoms with Gasteiger partial charge in [0.2, 0.25) is 5.91 Å². The van der Waals surface area contributed by atoms with Gasteiger partial charge in [-0.2, -0.15) is 0 Å². The lowest BCUT2D eigenvalue weighted by molar-refractivity contribution is -0.151. The van der Waals surface area contributed by atoms with E-state index in [1.807, 2.05) is 4.90 Å². The summed E-state index contributed by atoms with van der Waals surface area (Å²) in [5.41, 5.74) is 3.70. The molecule has 5 nitrogen and oxygen atoms in total. The molecule has 2 aromatic rings. The van der Waals surface area contributed by atoms with Gasteiger partial charge in [-0.3, -0.25) is 9.59 Å². The number of fused-ring (bicyclic) bond motifs is 2. The third-order valence-electron chi connectivity index (χ3n) is 6.21. The van der Waals surface area contributed by atoms with Crippen LogP contribution in [0.15, 0.2) is 24.4 Å². The Morgan fingerprint density at radius 1 is 1.24 bits per heavy atom. The van der Waals surface area contributed by atoms with Crippen LogP contribution in [0.2, 0.25) is 0 Å². The second kappa shape index (κ2) is 5.35. The van der Waals surface area contributed by atoms with Crippen molar-refractivity contribution in [2.24, 2.45) is 11.8 Å². The summed E-state index contributed by atoms with van der Waals surface area (Å²) in [7, 11) is 1.44. The number of likely N-dealkylation sites (tertiary alicyclic amines) is 1. The molecule has 0 bridgehead atoms. The van der Waals surface area contributed by atoms with Gasteiger partial charge in [0, 0.05) is 41.5 Å². The van der Waals surface area contributed by atoms with E-state index in [1.54, 1.807) is 0 Å². The zero-order valence-corrected chi connectivity index (χ0v) is 14.3. The quantitative estimate of drug-likeness (QED) is 0.856. The molecule has 1 saturated carbocycles. The molecule has 2 aliphatic carbocycles. The molecule has 3 atom stereocenters. The summed E-state index contributed by atoms with van der Waals surface area (Å²) < 4.78 is 5.02. The number of H-pyrrole nitrogens is 1. The van der Waals surface area contributed by atoms with Crippen molar-refractivity contribution in [1.29, 1.82) is 0 Å². The van der Waals surface area contributed by atoms with E-state index in [-0.39, 0.29) is 35.7 Å². The Labute approximate surface area is 146 Å². The number of nitrogens with zero attached hydrogens (tertiary/aromatic N) is 1. The monoisotopic (exact) mass is 338 g/mol. The van der Waals surface area contributed by atoms with Gasteiger partial charge < -0.3 is 14.6 Å². The lowest BCUT2D eigenvalue weighted by Gasteiger charge is -2.46. The largest absolute Gasteiger partial charge is 0.469 e. The smallest absolute Gasteiger partial charge is 0.310 e. The van der Waals surface area contributed by atoms with Gasteiger partial charge in [-0.15, -0.1) is 0 Å². The van der Waals surface area contributed by atoms with Crippen molar-refractivity contribution >= 4 is 22.8 Å². The van der Waals surface area contributed by atoms with Crippen molar-refractivity contribution in [2.45, 2.75) is 37.6 Å². The molecule has 0 spiro atoms. The van der Waals surface area contributed by atoms with Crippen molar-refractivity contribution in [3.8, 4) is 0 Å². The zero-order valence-electron chi connectivity index (χ0n) is 14.3. The predicted molar refractivity (Wildman–Crippen MR) is 93.1 cm³/mol. The Morgan fingerprint density at radius 3 is 2.84 bits per heavy atom. The number of esters is 1. The van der Waals surface area contributed by atoms with E-state index in [2.05, 4.69) is 29.4 Å². The maximum Gasteiger partial charge on any atom is 0.310 e. The summed E-state index contributed by atoms with van der Waals surface area (Å²) in [5, 5.41) is 1.29. The van der Waals surface area contributed by atoms with Crippen LogP contribution in [0.4, 0.5) is 0 Å². The molecule has 5 heteroatoms. The Balaban J connectivity index is 1.59. The van der Waals surface area contributed by atoms with E-state index in [0.717, 1.165) is 31.2 Å². The number of benzene rings is 1. The number of aromatic nitrogens is 1. The van der Waals surface area contributed by atoms with Crippen LogP contribution in [0.25, 0.3) is 10.9 Å². The van der Waals surface area contributed by atoms with Crippen molar-refractivity contribution in [3.05, 3.63) is 35.5 Å². The molecule has 1 aromatic heterocycles. The number of carbonyl (C=O) groups is 2. The molecule has 0 radical (unpaired) electrons. The van der Waals surface area contributed by atoms with Gasteiger partial charge in [0.15, 0.2) is 0 Å². The molecule has 130 valence electrons. The van der Waals surface area contributed by atoms with Crippen LogP contribution in [0.1, 0.15) is 36.3 Å². The van der Waals surface area contributed by atoms with Crippen molar-refractivity contribution in [1.82, 2.24) is 9.88 Å². The fourth-order valence-electron chi connectivity index (χ4n) is 4.85. The average molecular weight is 338 g/mol. The minimum atomic E-state index is -0.232. The summed E-state index contributed by atoms with van der Waals surface area (Å²) in [6.07, 6.45) is 5.68. The fourth-order valence-corrected chi connectivity index (χ4v) is 4.85. The normalized spacial score (nSPS) is 27.9. The van der Waals surface area contributed by atoms with E-state index >= 15 is 0 Å². The molecule has 1 aliphatic heterocycles. The second-order valence-electron chi connectivity index (χ2n) is 7.68. The number of hydrogen-bond acceptors (Lipinski definition) is 3. The van der Waals surface area contributed by atoms with E-state index in [4.69, 9.17) is 4.74 Å². The van der Waals surface area contributed by atoms with Gasteiger partial charge in [-0.05, 0) is 42.9 Å². The minimum absolute atomic E-state index is 0.155. The summed E-state index contributed by atoms with van der Waals surface area (Å²) in [6.45, 7) is 0.499. The molecule has 2 fully saturated rings. The SMILES string of the molecule is COC(=O)C1C[C@@H]2c3cccc4[nH]cc(c34)C[C@H]2N(C(=O)C2CC2)C1. The Hall–Kier alpha value is -2.30. The highest BCUT2D eigenvalue weighted by atomic mass is 16.5. The van der Waals surface area contributed by atoms with Crippen LogP contribution >= 0.6 is 0 Å². The van der Waals surface area contributed by atoms with Crippen LogP contribution in [-0.4, -0.2) is 41.5 Å². The number of piperidine rings is 1. The summed E-state index contributed by atoms with van der Waals surface area (Å²) >= 11 is 0. The lowest BCUT2D eigenvalue weighted by Crippen LogP contribution is -2.54. The van der Waals surface area contributed by atoms with Crippen molar-refractivity contribution in [3.63, 3.8) is 0 Å². The van der Waals surface area contributed by atoms with Gasteiger partial charge in [0.1, 0.15) is 0 Å². The number of ether oxygens (including phenoxy) is 1. The highest BCUT2D eigenvalue weighted by Gasteiger charge is 2.47. The number of amides is 1. The number of methoxy groups -OCH3 is 1. The molecular formula is C20H22N2O3. The summed E-state index contributed by atoms with van der Waals surface area (Å²) in [6, 6.07) is 6.48. The highest BCUT2D eigenvalue weighted by Crippen LogP contribution is 2.46. The van der Waals surface area contributed by atoms with E-state index in [1.165, 1.54) is 23.6 Å². The van der Waals surface area contributed by atoms with Gasteiger partial charge in [0.25, 0.3) is 0 Å². The van der Waals surface area contributed by atoms with Gasteiger partial charge >= 0.3 is 5.97 Å². The number of rotatable bonds is 2. The first kappa shape index (κ1) is 15.0. The third-order valence-corrected chi connectivity index (χ3v) is 6.21. The molecule has 3 aliphatic rings. The number of hydrogen-bond donors (Lipinski definition) is 1. The highest BCUT2D eigenvalue weighted by molar-refractivity contribution is 5.89. The second-order valence-corrected chi connectivity index (χ2v) is 7.68. The maximum absolute atomic E-state index is 12.9. The average Bonchev–Trinajstić information content (AvgIpc) is 3.42. The van der Waals surface area contributed by atoms with Crippen molar-refractivity contribution < 1.29 is 14.3 Å². The van der Waals surface area contributed by atoms with E-state index < -0.39 is 0 Å². The van der Waals surface area contributed by atoms with Crippen LogP contribution in [0.3, 0.4) is 0 Å². The van der Waals surface area contributed by atoms with E-state index in [0.29, 0.717) is 6.54 Å². The first-order chi connectivity index (χ1) is 12.2. The van der Waals surface area contributed by atoms with Crippen LogP contribution in [0, 0.1) is 11.8 Å². The molecule has 5 rings (SSSR count). The maximum atomic E-state index is 12.9. The minimum Gasteiger partial charge on any atom is -0.469 e. The first-order valence-electron chi connectivity index (χ1n) is 9.14. The molecule has 1 aromatic carbocycles. The molecule has 1 unspecified atom stereocenters. The Morgan fingerprint density at radius 2 is 2.08 bits per heavy atom. The van der Waals surface area contributed by atoms with Crippen LogP contribution in [0.5, 0.6) is 0 Å². The third kappa shape index (κ3) is 2.21. The van der Waals surface area contributed by atoms with Crippen molar-refractivity contribution in [2.75, 3.05) is 13.7 Å².